The van der Waals surface area contributed by atoms with Crippen LogP contribution in [0.3, 0.4) is 0 Å². The second kappa shape index (κ2) is 7.49. The number of thioether (sulfide) groups is 2. The van der Waals surface area contributed by atoms with Gasteiger partial charge in [0.25, 0.3) is 11.6 Å². The molecule has 1 aliphatic heterocycles. The van der Waals surface area contributed by atoms with Gasteiger partial charge < -0.3 is 4.90 Å². The summed E-state index contributed by atoms with van der Waals surface area (Å²) in [6.45, 7) is 2.75. The molecule has 1 atom stereocenters. The number of carbonyl (C=O) groups is 1. The van der Waals surface area contributed by atoms with Crippen LogP contribution in [0.25, 0.3) is 0 Å². The van der Waals surface area contributed by atoms with Gasteiger partial charge in [-0.3, -0.25) is 14.9 Å². The molecule has 1 aliphatic rings. The number of benzene rings is 2. The van der Waals surface area contributed by atoms with Gasteiger partial charge in [0.05, 0.1) is 15.5 Å². The van der Waals surface area contributed by atoms with E-state index in [2.05, 4.69) is 6.92 Å². The molecule has 0 spiro atoms. The fraction of sp³-hybridized carbons (Fsp3) is 0.278. The highest BCUT2D eigenvalue weighted by atomic mass is 32.2. The zero-order valence-electron chi connectivity index (χ0n) is 14.0. The SMILES string of the molecule is CSc1ccc(C(=O)N2CC[C@H](C)Sc3ccccc32)cc1[N+](=O)[O-]. The normalized spacial score (nSPS) is 16.9. The summed E-state index contributed by atoms with van der Waals surface area (Å²) in [7, 11) is 0. The number of carbonyl (C=O) groups excluding carboxylic acids is 1. The average Bonchev–Trinajstić information content (AvgIpc) is 2.78. The number of fused-ring (bicyclic) bond motifs is 1. The first-order valence-corrected chi connectivity index (χ1v) is 10.0. The molecule has 0 bridgehead atoms. The predicted octanol–water partition coefficient (Wildman–Crippen LogP) is 4.85. The van der Waals surface area contributed by atoms with Crippen LogP contribution in [0, 0.1) is 10.1 Å². The van der Waals surface area contributed by atoms with Crippen LogP contribution in [0.5, 0.6) is 0 Å². The Morgan fingerprint density at radius 1 is 1.32 bits per heavy atom. The third kappa shape index (κ3) is 3.67. The van der Waals surface area contributed by atoms with Gasteiger partial charge in [-0.25, -0.2) is 0 Å². The Morgan fingerprint density at radius 2 is 2.08 bits per heavy atom. The zero-order chi connectivity index (χ0) is 18.0. The van der Waals surface area contributed by atoms with Crippen molar-refractivity contribution in [2.24, 2.45) is 0 Å². The van der Waals surface area contributed by atoms with E-state index in [1.807, 2.05) is 24.3 Å². The molecule has 0 aliphatic carbocycles. The lowest BCUT2D eigenvalue weighted by atomic mass is 10.1. The summed E-state index contributed by atoms with van der Waals surface area (Å²) in [5.41, 5.74) is 1.20. The van der Waals surface area contributed by atoms with Crippen LogP contribution in [0.15, 0.2) is 52.3 Å². The monoisotopic (exact) mass is 374 g/mol. The topological polar surface area (TPSA) is 63.5 Å². The van der Waals surface area contributed by atoms with E-state index in [-0.39, 0.29) is 11.6 Å². The van der Waals surface area contributed by atoms with Crippen molar-refractivity contribution < 1.29 is 9.72 Å². The van der Waals surface area contributed by atoms with Gasteiger partial charge in [0.1, 0.15) is 0 Å². The van der Waals surface area contributed by atoms with Crippen molar-refractivity contribution >= 4 is 40.8 Å². The molecule has 130 valence electrons. The van der Waals surface area contributed by atoms with Crippen LogP contribution >= 0.6 is 23.5 Å². The molecule has 0 aromatic heterocycles. The molecule has 25 heavy (non-hydrogen) atoms. The van der Waals surface area contributed by atoms with E-state index in [9.17, 15) is 14.9 Å². The van der Waals surface area contributed by atoms with E-state index in [1.165, 1.54) is 17.8 Å². The van der Waals surface area contributed by atoms with E-state index in [4.69, 9.17) is 0 Å². The molecular formula is C18H18N2O3S2. The Hall–Kier alpha value is -1.99. The lowest BCUT2D eigenvalue weighted by molar-refractivity contribution is -0.387. The van der Waals surface area contributed by atoms with Crippen molar-refractivity contribution in [1.82, 2.24) is 0 Å². The molecular weight excluding hydrogens is 356 g/mol. The highest BCUT2D eigenvalue weighted by Crippen LogP contribution is 2.38. The average molecular weight is 374 g/mol. The van der Waals surface area contributed by atoms with E-state index < -0.39 is 4.92 Å². The first kappa shape index (κ1) is 17.8. The summed E-state index contributed by atoms with van der Waals surface area (Å²) < 4.78 is 0. The van der Waals surface area contributed by atoms with Gasteiger partial charge in [0.2, 0.25) is 0 Å². The highest BCUT2D eigenvalue weighted by molar-refractivity contribution is 8.00. The Kier molecular flexibility index (Phi) is 5.34. The largest absolute Gasteiger partial charge is 0.307 e. The van der Waals surface area contributed by atoms with Crippen molar-refractivity contribution in [3.63, 3.8) is 0 Å². The Bertz CT molecular complexity index is 826. The number of hydrogen-bond acceptors (Lipinski definition) is 5. The minimum atomic E-state index is -0.434. The minimum Gasteiger partial charge on any atom is -0.307 e. The number of amides is 1. The van der Waals surface area contributed by atoms with Crippen molar-refractivity contribution in [1.29, 1.82) is 0 Å². The van der Waals surface area contributed by atoms with Gasteiger partial charge in [0, 0.05) is 28.3 Å². The lowest BCUT2D eigenvalue weighted by Crippen LogP contribution is -2.32. The van der Waals surface area contributed by atoms with Crippen molar-refractivity contribution in [3.05, 3.63) is 58.1 Å². The van der Waals surface area contributed by atoms with Crippen molar-refractivity contribution in [3.8, 4) is 0 Å². The molecule has 0 unspecified atom stereocenters. The Balaban J connectivity index is 2.01. The van der Waals surface area contributed by atoms with Gasteiger partial charge in [0.15, 0.2) is 0 Å². The van der Waals surface area contributed by atoms with Gasteiger partial charge in [-0.05, 0) is 36.9 Å². The number of anilines is 1. The second-order valence-electron chi connectivity index (χ2n) is 5.79. The standard InChI is InChI=1S/C18H18N2O3S2/c1-12-9-10-19(14-5-3-4-6-17(14)25-12)18(21)13-7-8-16(24-2)15(11-13)20(22)23/h3-8,11-12H,9-10H2,1-2H3/t12-/m0/s1. The first-order valence-electron chi connectivity index (χ1n) is 7.91. The highest BCUT2D eigenvalue weighted by Gasteiger charge is 2.26. The first-order chi connectivity index (χ1) is 12.0. The number of nitrogens with zero attached hydrogens (tertiary/aromatic N) is 2. The summed E-state index contributed by atoms with van der Waals surface area (Å²) in [6.07, 6.45) is 2.66. The molecule has 0 fully saturated rings. The van der Waals surface area contributed by atoms with Crippen LogP contribution in [0.1, 0.15) is 23.7 Å². The zero-order valence-corrected chi connectivity index (χ0v) is 15.6. The van der Waals surface area contributed by atoms with E-state index >= 15 is 0 Å². The predicted molar refractivity (Wildman–Crippen MR) is 103 cm³/mol. The van der Waals surface area contributed by atoms with Crippen molar-refractivity contribution in [2.75, 3.05) is 17.7 Å². The van der Waals surface area contributed by atoms with Crippen LogP contribution in [-0.4, -0.2) is 28.9 Å². The summed E-state index contributed by atoms with van der Waals surface area (Å²) in [5.74, 6) is -0.196. The maximum atomic E-state index is 13.1. The van der Waals surface area contributed by atoms with Crippen LogP contribution in [0.2, 0.25) is 0 Å². The second-order valence-corrected chi connectivity index (χ2v) is 8.11. The molecule has 1 heterocycles. The number of hydrogen-bond donors (Lipinski definition) is 0. The lowest BCUT2D eigenvalue weighted by Gasteiger charge is -2.22. The van der Waals surface area contributed by atoms with Crippen molar-refractivity contribution in [2.45, 2.75) is 28.4 Å². The summed E-state index contributed by atoms with van der Waals surface area (Å²) in [6, 6.07) is 12.5. The van der Waals surface area contributed by atoms with Gasteiger partial charge in [-0.1, -0.05) is 19.1 Å². The van der Waals surface area contributed by atoms with Crippen LogP contribution in [-0.2, 0) is 0 Å². The molecule has 2 aromatic carbocycles. The van der Waals surface area contributed by atoms with Gasteiger partial charge in [-0.15, -0.1) is 23.5 Å². The van der Waals surface area contributed by atoms with Gasteiger partial charge in [-0.2, -0.15) is 0 Å². The summed E-state index contributed by atoms with van der Waals surface area (Å²) >= 11 is 3.06. The molecule has 5 nitrogen and oxygen atoms in total. The fourth-order valence-electron chi connectivity index (χ4n) is 2.82. The van der Waals surface area contributed by atoms with Gasteiger partial charge >= 0.3 is 0 Å². The van der Waals surface area contributed by atoms with E-state index in [1.54, 1.807) is 35.1 Å². The van der Waals surface area contributed by atoms with E-state index in [0.29, 0.717) is 22.3 Å². The smallest absolute Gasteiger partial charge is 0.283 e. The molecule has 1 amide bonds. The number of para-hydroxylation sites is 1. The van der Waals surface area contributed by atoms with E-state index in [0.717, 1.165) is 17.0 Å². The number of nitro benzene ring substituents is 1. The molecule has 2 aromatic rings. The Labute approximate surface area is 154 Å². The minimum absolute atomic E-state index is 0.0239. The third-order valence-electron chi connectivity index (χ3n) is 4.11. The quantitative estimate of drug-likeness (QED) is 0.437. The van der Waals surface area contributed by atoms with Crippen LogP contribution in [0.4, 0.5) is 11.4 Å². The third-order valence-corrected chi connectivity index (χ3v) is 6.13. The molecule has 0 radical (unpaired) electrons. The fourth-order valence-corrected chi connectivity index (χ4v) is 4.48. The molecule has 0 N–H and O–H groups in total. The molecule has 7 heteroatoms. The summed E-state index contributed by atoms with van der Waals surface area (Å²) in [4.78, 5) is 27.3. The molecule has 0 saturated heterocycles. The maximum absolute atomic E-state index is 13.1. The van der Waals surface area contributed by atoms with Crippen LogP contribution < -0.4 is 4.90 Å². The number of rotatable bonds is 3. The molecule has 3 rings (SSSR count). The number of nitro groups is 1. The Morgan fingerprint density at radius 3 is 2.80 bits per heavy atom. The summed E-state index contributed by atoms with van der Waals surface area (Å²) in [5, 5.41) is 11.7. The maximum Gasteiger partial charge on any atom is 0.283 e. The molecule has 0 saturated carbocycles.